The van der Waals surface area contributed by atoms with E-state index in [1.165, 1.54) is 11.3 Å². The number of para-hydroxylation sites is 1. The van der Waals surface area contributed by atoms with E-state index in [4.69, 9.17) is 13.9 Å². The van der Waals surface area contributed by atoms with Crippen molar-refractivity contribution in [2.45, 2.75) is 26.4 Å². The number of fused-ring (bicyclic) bond motifs is 1. The summed E-state index contributed by atoms with van der Waals surface area (Å²) in [4.78, 5) is 29.1. The number of hydrogen-bond acceptors (Lipinski definition) is 8. The van der Waals surface area contributed by atoms with Crippen molar-refractivity contribution in [3.05, 3.63) is 51.7 Å². The van der Waals surface area contributed by atoms with Crippen molar-refractivity contribution in [1.29, 1.82) is 5.26 Å². The molecule has 3 rings (SSSR count). The molecule has 0 bridgehead atoms. The van der Waals surface area contributed by atoms with Gasteiger partial charge in [-0.15, -0.1) is 11.3 Å². The molecule has 0 unspecified atom stereocenters. The molecule has 0 aliphatic heterocycles. The van der Waals surface area contributed by atoms with Crippen LogP contribution in [0.2, 0.25) is 0 Å². The summed E-state index contributed by atoms with van der Waals surface area (Å²) in [6.45, 7) is 3.75. The number of thiazole rings is 1. The van der Waals surface area contributed by atoms with E-state index in [1.54, 1.807) is 24.4 Å². The molecule has 28 heavy (non-hydrogen) atoms. The number of hydrogen-bond donors (Lipinski definition) is 0. The number of ether oxygens (including phenoxy) is 2. The second kappa shape index (κ2) is 8.78. The molecule has 0 N–H and O–H groups in total. The van der Waals surface area contributed by atoms with Gasteiger partial charge >= 0.3 is 5.97 Å². The second-order valence-electron chi connectivity index (χ2n) is 5.97. The van der Waals surface area contributed by atoms with Gasteiger partial charge in [-0.2, -0.15) is 5.26 Å². The molecule has 0 spiro atoms. The van der Waals surface area contributed by atoms with Crippen LogP contribution in [-0.2, 0) is 20.9 Å². The predicted octanol–water partition coefficient (Wildman–Crippen LogP) is 3.77. The standard InChI is InChI=1S/C20H18N2O5S/c1-3-25-9-15-13-6-4-5-7-17(13)27-18(15)20(24)26-10-16(23)14(8-21)19-22-12(2)11-28-19/h4-7,11,14H,3,9-10H2,1-2H3/t14-/m1/s1. The molecule has 0 radical (unpaired) electrons. The smallest absolute Gasteiger partial charge is 0.375 e. The lowest BCUT2D eigenvalue weighted by atomic mass is 10.1. The maximum Gasteiger partial charge on any atom is 0.375 e. The fraction of sp³-hybridized carbons (Fsp3) is 0.300. The van der Waals surface area contributed by atoms with Crippen LogP contribution in [0.3, 0.4) is 0 Å². The summed E-state index contributed by atoms with van der Waals surface area (Å²) in [6, 6.07) is 9.11. The first-order valence-corrected chi connectivity index (χ1v) is 9.52. The van der Waals surface area contributed by atoms with Gasteiger partial charge < -0.3 is 13.9 Å². The number of carbonyl (C=O) groups excluding carboxylic acids is 2. The summed E-state index contributed by atoms with van der Waals surface area (Å²) in [5.41, 5.74) is 1.83. The quantitative estimate of drug-likeness (QED) is 0.532. The lowest BCUT2D eigenvalue weighted by Crippen LogP contribution is -2.20. The zero-order valence-electron chi connectivity index (χ0n) is 15.4. The van der Waals surface area contributed by atoms with E-state index < -0.39 is 24.3 Å². The molecule has 0 fully saturated rings. The highest BCUT2D eigenvalue weighted by atomic mass is 32.1. The fourth-order valence-corrected chi connectivity index (χ4v) is 3.53. The van der Waals surface area contributed by atoms with E-state index in [0.29, 0.717) is 22.8 Å². The number of ketones is 1. The first kappa shape index (κ1) is 19.7. The van der Waals surface area contributed by atoms with E-state index in [0.717, 1.165) is 11.1 Å². The van der Waals surface area contributed by atoms with Gasteiger partial charge in [-0.1, -0.05) is 18.2 Å². The van der Waals surface area contributed by atoms with Gasteiger partial charge in [0, 0.05) is 28.6 Å². The molecule has 3 aromatic rings. The van der Waals surface area contributed by atoms with Crippen molar-refractivity contribution in [2.75, 3.05) is 13.2 Å². The van der Waals surface area contributed by atoms with E-state index in [-0.39, 0.29) is 12.4 Å². The Morgan fingerprint density at radius 2 is 2.14 bits per heavy atom. The van der Waals surface area contributed by atoms with Crippen molar-refractivity contribution in [2.24, 2.45) is 0 Å². The molecule has 0 saturated carbocycles. The zero-order valence-corrected chi connectivity index (χ0v) is 16.2. The second-order valence-corrected chi connectivity index (χ2v) is 6.86. The van der Waals surface area contributed by atoms with Crippen LogP contribution in [0.1, 0.15) is 39.7 Å². The molecule has 0 saturated heterocycles. The molecule has 0 aliphatic carbocycles. The highest BCUT2D eigenvalue weighted by Gasteiger charge is 2.27. The van der Waals surface area contributed by atoms with Crippen LogP contribution in [0.25, 0.3) is 11.0 Å². The van der Waals surface area contributed by atoms with Crippen molar-refractivity contribution in [1.82, 2.24) is 4.98 Å². The zero-order chi connectivity index (χ0) is 20.1. The summed E-state index contributed by atoms with van der Waals surface area (Å²) in [6.07, 6.45) is 0. The lowest BCUT2D eigenvalue weighted by Gasteiger charge is -2.07. The van der Waals surface area contributed by atoms with E-state index in [9.17, 15) is 14.9 Å². The maximum absolute atomic E-state index is 12.5. The van der Waals surface area contributed by atoms with Gasteiger partial charge in [-0.3, -0.25) is 4.79 Å². The summed E-state index contributed by atoms with van der Waals surface area (Å²) in [5, 5.41) is 12.2. The van der Waals surface area contributed by atoms with Crippen molar-refractivity contribution in [3.63, 3.8) is 0 Å². The third kappa shape index (κ3) is 4.11. The molecule has 8 heteroatoms. The number of rotatable bonds is 8. The third-order valence-electron chi connectivity index (χ3n) is 4.01. The van der Waals surface area contributed by atoms with Crippen LogP contribution in [0.5, 0.6) is 0 Å². The molecule has 144 valence electrons. The summed E-state index contributed by atoms with van der Waals surface area (Å²) in [7, 11) is 0. The molecular formula is C20H18N2O5S. The molecule has 1 atom stereocenters. The molecular weight excluding hydrogens is 380 g/mol. The van der Waals surface area contributed by atoms with Crippen LogP contribution in [0.15, 0.2) is 34.1 Å². The SMILES string of the molecule is CCOCc1c(C(=O)OCC(=O)[C@@H](C#N)c2nc(C)cs2)oc2ccccc12. The number of nitriles is 1. The van der Waals surface area contributed by atoms with Crippen molar-refractivity contribution < 1.29 is 23.5 Å². The van der Waals surface area contributed by atoms with Gasteiger partial charge in [0.05, 0.1) is 12.7 Å². The van der Waals surface area contributed by atoms with Crippen LogP contribution in [-0.4, -0.2) is 30.0 Å². The first-order chi connectivity index (χ1) is 13.5. The van der Waals surface area contributed by atoms with Gasteiger partial charge in [-0.05, 0) is 19.9 Å². The van der Waals surface area contributed by atoms with E-state index >= 15 is 0 Å². The number of aromatic nitrogens is 1. The monoisotopic (exact) mass is 398 g/mol. The Labute approximate surface area is 165 Å². The number of Topliss-reactive ketones (excluding diaryl/α,β-unsaturated/α-hetero) is 1. The van der Waals surface area contributed by atoms with Gasteiger partial charge in [-0.25, -0.2) is 9.78 Å². The Hall–Kier alpha value is -3.02. The van der Waals surface area contributed by atoms with Gasteiger partial charge in [0.1, 0.15) is 10.6 Å². The number of furan rings is 1. The van der Waals surface area contributed by atoms with Crippen molar-refractivity contribution in [3.8, 4) is 6.07 Å². The first-order valence-electron chi connectivity index (χ1n) is 8.64. The van der Waals surface area contributed by atoms with Gasteiger partial charge in [0.2, 0.25) is 5.76 Å². The number of esters is 1. The van der Waals surface area contributed by atoms with Crippen LogP contribution < -0.4 is 0 Å². The minimum absolute atomic E-state index is 0.000973. The summed E-state index contributed by atoms with van der Waals surface area (Å²) >= 11 is 1.23. The minimum atomic E-state index is -1.06. The van der Waals surface area contributed by atoms with Crippen LogP contribution in [0.4, 0.5) is 0 Å². The van der Waals surface area contributed by atoms with E-state index in [2.05, 4.69) is 4.98 Å². The Kier molecular flexibility index (Phi) is 6.19. The molecule has 2 heterocycles. The average molecular weight is 398 g/mol. The molecule has 7 nitrogen and oxygen atoms in total. The van der Waals surface area contributed by atoms with Gasteiger partial charge in [0.25, 0.3) is 0 Å². The predicted molar refractivity (Wildman–Crippen MR) is 102 cm³/mol. The Balaban J connectivity index is 1.76. The Bertz CT molecular complexity index is 1050. The molecule has 0 amide bonds. The average Bonchev–Trinajstić information content (AvgIpc) is 3.28. The van der Waals surface area contributed by atoms with Crippen LogP contribution in [0, 0.1) is 18.3 Å². The topological polar surface area (TPSA) is 102 Å². The largest absolute Gasteiger partial charge is 0.452 e. The number of carbonyl (C=O) groups is 2. The lowest BCUT2D eigenvalue weighted by molar-refractivity contribution is -0.122. The third-order valence-corrected chi connectivity index (χ3v) is 5.04. The number of nitrogens with zero attached hydrogens (tertiary/aromatic N) is 2. The maximum atomic E-state index is 12.5. The molecule has 2 aromatic heterocycles. The Morgan fingerprint density at radius 3 is 2.82 bits per heavy atom. The van der Waals surface area contributed by atoms with Gasteiger partial charge in [0.15, 0.2) is 18.3 Å². The highest BCUT2D eigenvalue weighted by Crippen LogP contribution is 2.27. The van der Waals surface area contributed by atoms with Crippen LogP contribution >= 0.6 is 11.3 Å². The minimum Gasteiger partial charge on any atom is -0.452 e. The van der Waals surface area contributed by atoms with Crippen molar-refractivity contribution >= 4 is 34.1 Å². The summed E-state index contributed by atoms with van der Waals surface area (Å²) in [5.74, 6) is -2.37. The Morgan fingerprint density at radius 1 is 1.36 bits per heavy atom. The fourth-order valence-electron chi connectivity index (χ4n) is 2.67. The van der Waals surface area contributed by atoms with E-state index in [1.807, 2.05) is 25.1 Å². The molecule has 0 aliphatic rings. The number of aryl methyl sites for hydroxylation is 1. The number of benzene rings is 1. The highest BCUT2D eigenvalue weighted by molar-refractivity contribution is 7.09. The summed E-state index contributed by atoms with van der Waals surface area (Å²) < 4.78 is 16.2. The normalized spacial score (nSPS) is 11.9. The molecule has 1 aromatic carbocycles.